The predicted molar refractivity (Wildman–Crippen MR) is 119 cm³/mol. The number of carbonyl (C=O) groups is 1. The van der Waals surface area contributed by atoms with Crippen LogP contribution in [0.2, 0.25) is 0 Å². The highest BCUT2D eigenvalue weighted by Gasteiger charge is 2.30. The molecule has 0 saturated carbocycles. The maximum atomic E-state index is 13.0. The maximum Gasteiger partial charge on any atom is 0.416 e. The number of rotatable bonds is 5. The van der Waals surface area contributed by atoms with Gasteiger partial charge in [-0.25, -0.2) is 4.79 Å². The summed E-state index contributed by atoms with van der Waals surface area (Å²) in [4.78, 5) is 11.0. The molecule has 32 heavy (non-hydrogen) atoms. The number of nitrogens with zero attached hydrogens (tertiary/aromatic N) is 1. The van der Waals surface area contributed by atoms with E-state index < -0.39 is 17.7 Å². The van der Waals surface area contributed by atoms with E-state index >= 15 is 0 Å². The molecule has 0 spiro atoms. The Morgan fingerprint density at radius 2 is 1.75 bits per heavy atom. The number of para-hydroxylation sites is 1. The van der Waals surface area contributed by atoms with Crippen molar-refractivity contribution in [3.05, 3.63) is 83.4 Å². The molecule has 0 saturated heterocycles. The van der Waals surface area contributed by atoms with Crippen LogP contribution in [0.3, 0.4) is 0 Å². The third-order valence-corrected chi connectivity index (χ3v) is 4.50. The molecule has 0 bridgehead atoms. The number of halogens is 3. The van der Waals surface area contributed by atoms with Crippen LogP contribution in [-0.4, -0.2) is 27.5 Å². The first-order valence-corrected chi connectivity index (χ1v) is 9.49. The highest BCUT2D eigenvalue weighted by Crippen LogP contribution is 2.36. The summed E-state index contributed by atoms with van der Waals surface area (Å²) in [6.07, 6.45) is -3.24. The quantitative estimate of drug-likeness (QED) is 0.241. The second kappa shape index (κ2) is 9.48. The standard InChI is InChI=1S/C22H16F3N3O3S/c23-22(24,25)16-7-1-4-13(10-16)18-9-3-6-15(19(18)29)12-26-28-21(32)27-17-8-2-5-14(11-17)20(30)31/h1-12,29H,(H,30,31)(H2,27,28,32). The van der Waals surface area contributed by atoms with Crippen molar-refractivity contribution in [3.63, 3.8) is 0 Å². The van der Waals surface area contributed by atoms with Crippen LogP contribution in [0, 0.1) is 0 Å². The summed E-state index contributed by atoms with van der Waals surface area (Å²) in [5.74, 6) is -1.33. The summed E-state index contributed by atoms with van der Waals surface area (Å²) in [6.45, 7) is 0. The fourth-order valence-corrected chi connectivity index (χ4v) is 2.98. The van der Waals surface area contributed by atoms with E-state index in [2.05, 4.69) is 15.8 Å². The fourth-order valence-electron chi connectivity index (χ4n) is 2.81. The summed E-state index contributed by atoms with van der Waals surface area (Å²) < 4.78 is 39.0. The Balaban J connectivity index is 1.73. The van der Waals surface area contributed by atoms with E-state index in [1.807, 2.05) is 0 Å². The fraction of sp³-hybridized carbons (Fsp3) is 0.0455. The Kier molecular flexibility index (Phi) is 6.74. The first-order valence-electron chi connectivity index (χ1n) is 9.08. The minimum atomic E-state index is -4.50. The number of nitrogens with one attached hydrogen (secondary N) is 2. The van der Waals surface area contributed by atoms with Gasteiger partial charge in [-0.15, -0.1) is 0 Å². The van der Waals surface area contributed by atoms with E-state index in [1.54, 1.807) is 18.2 Å². The Bertz CT molecular complexity index is 1200. The van der Waals surface area contributed by atoms with Crippen molar-refractivity contribution in [1.29, 1.82) is 0 Å². The van der Waals surface area contributed by atoms with E-state index in [1.165, 1.54) is 42.6 Å². The number of aromatic hydroxyl groups is 1. The van der Waals surface area contributed by atoms with E-state index in [0.717, 1.165) is 12.1 Å². The van der Waals surface area contributed by atoms with Gasteiger partial charge in [-0.3, -0.25) is 5.43 Å². The van der Waals surface area contributed by atoms with Gasteiger partial charge in [-0.2, -0.15) is 18.3 Å². The monoisotopic (exact) mass is 459 g/mol. The zero-order valence-corrected chi connectivity index (χ0v) is 17.0. The van der Waals surface area contributed by atoms with Crippen LogP contribution in [0.4, 0.5) is 18.9 Å². The summed E-state index contributed by atoms with van der Waals surface area (Å²) >= 11 is 5.09. The molecule has 0 aromatic heterocycles. The van der Waals surface area contributed by atoms with Gasteiger partial charge in [0.1, 0.15) is 5.75 Å². The zero-order valence-electron chi connectivity index (χ0n) is 16.2. The van der Waals surface area contributed by atoms with Gasteiger partial charge in [-0.1, -0.05) is 30.3 Å². The van der Waals surface area contributed by atoms with Gasteiger partial charge in [-0.05, 0) is 54.2 Å². The first-order chi connectivity index (χ1) is 15.1. The summed E-state index contributed by atoms with van der Waals surface area (Å²) in [7, 11) is 0. The second-order valence-corrected chi connectivity index (χ2v) is 6.94. The van der Waals surface area contributed by atoms with Crippen LogP contribution >= 0.6 is 12.2 Å². The molecule has 10 heteroatoms. The minimum absolute atomic E-state index is 0.0670. The lowest BCUT2D eigenvalue weighted by atomic mass is 10.00. The lowest BCUT2D eigenvalue weighted by molar-refractivity contribution is -0.137. The van der Waals surface area contributed by atoms with Gasteiger partial charge in [0.2, 0.25) is 0 Å². The number of hydrogen-bond acceptors (Lipinski definition) is 4. The topological polar surface area (TPSA) is 94.0 Å². The molecule has 0 aliphatic carbocycles. The Morgan fingerprint density at radius 1 is 1.03 bits per heavy atom. The number of thiocarbonyl (C=S) groups is 1. The number of phenols is 1. The number of alkyl halides is 3. The molecule has 0 aliphatic heterocycles. The smallest absolute Gasteiger partial charge is 0.416 e. The number of aromatic carboxylic acids is 1. The molecular formula is C22H16F3N3O3S. The van der Waals surface area contributed by atoms with Crippen LogP contribution in [0.5, 0.6) is 5.75 Å². The van der Waals surface area contributed by atoms with Crippen molar-refractivity contribution < 1.29 is 28.2 Å². The van der Waals surface area contributed by atoms with Gasteiger partial charge in [0.25, 0.3) is 0 Å². The van der Waals surface area contributed by atoms with Gasteiger partial charge in [0, 0.05) is 16.8 Å². The minimum Gasteiger partial charge on any atom is -0.507 e. The number of carboxylic acid groups (broad SMARTS) is 1. The molecule has 0 atom stereocenters. The number of benzene rings is 3. The number of hydrazone groups is 1. The van der Waals surface area contributed by atoms with Gasteiger partial charge >= 0.3 is 12.1 Å². The largest absolute Gasteiger partial charge is 0.507 e. The lowest BCUT2D eigenvalue weighted by Gasteiger charge is -2.11. The summed E-state index contributed by atoms with van der Waals surface area (Å²) in [5, 5.41) is 26.3. The van der Waals surface area contributed by atoms with Crippen LogP contribution in [0.25, 0.3) is 11.1 Å². The summed E-state index contributed by atoms with van der Waals surface area (Å²) in [5.41, 5.74) is 2.90. The number of anilines is 1. The predicted octanol–water partition coefficient (Wildman–Crippen LogP) is 5.10. The van der Waals surface area contributed by atoms with Crippen LogP contribution in [-0.2, 0) is 6.18 Å². The molecule has 0 radical (unpaired) electrons. The van der Waals surface area contributed by atoms with Crippen molar-refractivity contribution >= 4 is 35.2 Å². The third-order valence-electron chi connectivity index (χ3n) is 4.31. The lowest BCUT2D eigenvalue weighted by Crippen LogP contribution is -2.24. The molecular weight excluding hydrogens is 443 g/mol. The Hall–Kier alpha value is -3.92. The Morgan fingerprint density at radius 3 is 2.47 bits per heavy atom. The molecule has 3 rings (SSSR count). The molecule has 0 aliphatic rings. The summed E-state index contributed by atoms with van der Waals surface area (Å²) in [6, 6.07) is 15.2. The van der Waals surface area contributed by atoms with Crippen molar-refractivity contribution in [2.75, 3.05) is 5.32 Å². The van der Waals surface area contributed by atoms with Crippen LogP contribution in [0.1, 0.15) is 21.5 Å². The van der Waals surface area contributed by atoms with Crippen molar-refractivity contribution in [2.24, 2.45) is 5.10 Å². The van der Waals surface area contributed by atoms with E-state index in [9.17, 15) is 23.1 Å². The molecule has 164 valence electrons. The molecule has 0 fully saturated rings. The molecule has 4 N–H and O–H groups in total. The van der Waals surface area contributed by atoms with Gasteiger partial charge in [0.05, 0.1) is 17.3 Å². The third kappa shape index (κ3) is 5.61. The molecule has 3 aromatic rings. The van der Waals surface area contributed by atoms with Gasteiger partial charge < -0.3 is 15.5 Å². The molecule has 0 amide bonds. The van der Waals surface area contributed by atoms with Crippen LogP contribution < -0.4 is 10.7 Å². The SMILES string of the molecule is O=C(O)c1cccc(NC(=S)NN=Cc2cccc(-c3cccc(C(F)(F)F)c3)c2O)c1. The van der Waals surface area contributed by atoms with Gasteiger partial charge in [0.15, 0.2) is 5.11 Å². The molecule has 6 nitrogen and oxygen atoms in total. The van der Waals surface area contributed by atoms with Crippen molar-refractivity contribution in [1.82, 2.24) is 5.43 Å². The van der Waals surface area contributed by atoms with E-state index in [0.29, 0.717) is 5.69 Å². The highest BCUT2D eigenvalue weighted by molar-refractivity contribution is 7.80. The van der Waals surface area contributed by atoms with E-state index in [-0.39, 0.29) is 33.1 Å². The van der Waals surface area contributed by atoms with Crippen molar-refractivity contribution in [3.8, 4) is 16.9 Å². The normalized spacial score (nSPS) is 11.3. The maximum absolute atomic E-state index is 13.0. The molecule has 3 aromatic carbocycles. The molecule has 0 unspecified atom stereocenters. The zero-order chi connectivity index (χ0) is 23.3. The second-order valence-electron chi connectivity index (χ2n) is 6.53. The van der Waals surface area contributed by atoms with E-state index in [4.69, 9.17) is 17.3 Å². The van der Waals surface area contributed by atoms with Crippen molar-refractivity contribution in [2.45, 2.75) is 6.18 Å². The highest BCUT2D eigenvalue weighted by atomic mass is 32.1. The average Bonchev–Trinajstić information content (AvgIpc) is 2.74. The number of phenolic OH excluding ortho intramolecular Hbond substituents is 1. The number of carboxylic acids is 1. The Labute approximate surface area is 186 Å². The number of hydrogen-bond donors (Lipinski definition) is 4. The molecule has 0 heterocycles. The average molecular weight is 459 g/mol. The van der Waals surface area contributed by atoms with Crippen LogP contribution in [0.15, 0.2) is 71.8 Å². The first kappa shape index (κ1) is 22.8.